The molecule has 11 heavy (non-hydrogen) atoms. The fourth-order valence-electron chi connectivity index (χ4n) is 2.60. The molecule has 0 saturated carbocycles. The van der Waals surface area contributed by atoms with E-state index in [-0.39, 0.29) is 0 Å². The third-order valence-electron chi connectivity index (χ3n) is 3.60. The van der Waals surface area contributed by atoms with Crippen LogP contribution in [0.25, 0.3) is 0 Å². The second kappa shape index (κ2) is 2.34. The molecular weight excluding hydrogens is 134 g/mol. The fraction of sp³-hybridized carbons (Fsp3) is 0.800. The maximum atomic E-state index is 2.43. The lowest BCUT2D eigenvalue weighted by molar-refractivity contribution is -0.939. The van der Waals surface area contributed by atoms with Crippen molar-refractivity contribution in [3.63, 3.8) is 0 Å². The summed E-state index contributed by atoms with van der Waals surface area (Å²) in [6, 6.07) is 1.74. The summed E-state index contributed by atoms with van der Waals surface area (Å²) in [4.78, 5) is 0. The smallest absolute Gasteiger partial charge is 0.107 e. The molecule has 0 aromatic rings. The first-order valence-corrected chi connectivity index (χ1v) is 4.71. The van der Waals surface area contributed by atoms with Crippen LogP contribution in [-0.2, 0) is 0 Å². The second-order valence-electron chi connectivity index (χ2n) is 4.45. The molecule has 0 N–H and O–H groups in total. The van der Waals surface area contributed by atoms with Gasteiger partial charge >= 0.3 is 0 Å². The van der Waals surface area contributed by atoms with Crippen LogP contribution in [-0.4, -0.2) is 30.7 Å². The van der Waals surface area contributed by atoms with Crippen molar-refractivity contribution in [3.05, 3.63) is 12.2 Å². The predicted molar refractivity (Wildman–Crippen MR) is 47.3 cm³/mol. The Labute approximate surface area is 69.3 Å². The first-order chi connectivity index (χ1) is 5.21. The molecule has 0 aromatic heterocycles. The van der Waals surface area contributed by atoms with E-state index in [4.69, 9.17) is 0 Å². The Kier molecular flexibility index (Phi) is 1.57. The standard InChI is InChI=1S/C10H18N/c1-11(2)9-5-3-6-10(11)8-4-7-9/h3,5,9-10H,4,6-8H2,1-2H3/q+1/t9-,10-/m0/s1. The van der Waals surface area contributed by atoms with Gasteiger partial charge in [-0.1, -0.05) is 6.08 Å². The summed E-state index contributed by atoms with van der Waals surface area (Å²) in [6.07, 6.45) is 10.4. The molecule has 0 aliphatic carbocycles. The summed E-state index contributed by atoms with van der Waals surface area (Å²) in [5.74, 6) is 0. The van der Waals surface area contributed by atoms with Crippen molar-refractivity contribution in [1.29, 1.82) is 0 Å². The van der Waals surface area contributed by atoms with Crippen molar-refractivity contribution in [1.82, 2.24) is 0 Å². The minimum absolute atomic E-state index is 0.822. The van der Waals surface area contributed by atoms with Crippen molar-refractivity contribution in [2.24, 2.45) is 0 Å². The highest BCUT2D eigenvalue weighted by molar-refractivity contribution is 4.98. The van der Waals surface area contributed by atoms with E-state index in [0.29, 0.717) is 0 Å². The van der Waals surface area contributed by atoms with Crippen LogP contribution in [0.3, 0.4) is 0 Å². The van der Waals surface area contributed by atoms with Gasteiger partial charge in [-0.2, -0.15) is 0 Å². The number of hydrogen-bond acceptors (Lipinski definition) is 0. The highest BCUT2D eigenvalue weighted by atomic mass is 15.4. The monoisotopic (exact) mass is 152 g/mol. The van der Waals surface area contributed by atoms with E-state index in [0.717, 1.165) is 12.1 Å². The minimum Gasteiger partial charge on any atom is -0.320 e. The van der Waals surface area contributed by atoms with Crippen molar-refractivity contribution in [2.75, 3.05) is 14.1 Å². The van der Waals surface area contributed by atoms with Gasteiger partial charge < -0.3 is 4.48 Å². The summed E-state index contributed by atoms with van der Waals surface area (Å²) in [6.45, 7) is 0. The fourth-order valence-corrected chi connectivity index (χ4v) is 2.60. The minimum atomic E-state index is 0.822. The molecule has 0 radical (unpaired) electrons. The molecule has 62 valence electrons. The second-order valence-corrected chi connectivity index (χ2v) is 4.45. The van der Waals surface area contributed by atoms with E-state index in [1.165, 1.54) is 30.2 Å². The average Bonchev–Trinajstić information content (AvgIpc) is 1.82. The zero-order valence-electron chi connectivity index (χ0n) is 7.59. The third-order valence-corrected chi connectivity index (χ3v) is 3.60. The van der Waals surface area contributed by atoms with E-state index in [1.54, 1.807) is 0 Å². The Morgan fingerprint density at radius 3 is 2.73 bits per heavy atom. The number of fused-ring (bicyclic) bond motifs is 2. The highest BCUT2D eigenvalue weighted by Gasteiger charge is 2.39. The highest BCUT2D eigenvalue weighted by Crippen LogP contribution is 2.33. The van der Waals surface area contributed by atoms with Crippen LogP contribution in [0.1, 0.15) is 25.7 Å². The zero-order chi connectivity index (χ0) is 7.90. The van der Waals surface area contributed by atoms with E-state index in [2.05, 4.69) is 26.2 Å². The van der Waals surface area contributed by atoms with Gasteiger partial charge in [0.2, 0.25) is 0 Å². The SMILES string of the molecule is C[N+]1(C)[C@H]2CC=C[C@H]1CCC2. The van der Waals surface area contributed by atoms with Gasteiger partial charge in [-0.3, -0.25) is 0 Å². The number of hydrogen-bond donors (Lipinski definition) is 0. The largest absolute Gasteiger partial charge is 0.320 e. The molecule has 1 heteroatoms. The Balaban J connectivity index is 2.28. The molecule has 2 heterocycles. The van der Waals surface area contributed by atoms with Gasteiger partial charge in [0.25, 0.3) is 0 Å². The van der Waals surface area contributed by atoms with Crippen LogP contribution in [0.4, 0.5) is 0 Å². The summed E-state index contributed by atoms with van der Waals surface area (Å²) >= 11 is 0. The van der Waals surface area contributed by atoms with Gasteiger partial charge in [0.15, 0.2) is 0 Å². The average molecular weight is 152 g/mol. The van der Waals surface area contributed by atoms with Crippen molar-refractivity contribution in [3.8, 4) is 0 Å². The molecule has 2 rings (SSSR count). The van der Waals surface area contributed by atoms with Gasteiger partial charge in [-0.15, -0.1) is 0 Å². The lowest BCUT2D eigenvalue weighted by Gasteiger charge is -2.48. The van der Waals surface area contributed by atoms with E-state index in [1.807, 2.05) is 0 Å². The normalized spacial score (nSPS) is 40.5. The summed E-state index contributed by atoms with van der Waals surface area (Å²) in [5, 5.41) is 0. The van der Waals surface area contributed by atoms with Crippen LogP contribution < -0.4 is 0 Å². The molecular formula is C10H18N+. The first-order valence-electron chi connectivity index (χ1n) is 4.71. The maximum absolute atomic E-state index is 2.43. The lowest BCUT2D eigenvalue weighted by Crippen LogP contribution is -2.58. The molecule has 1 saturated heterocycles. The Hall–Kier alpha value is -0.300. The lowest BCUT2D eigenvalue weighted by atomic mass is 9.87. The van der Waals surface area contributed by atoms with Crippen LogP contribution in [0.5, 0.6) is 0 Å². The van der Waals surface area contributed by atoms with Crippen LogP contribution in [0.15, 0.2) is 12.2 Å². The maximum Gasteiger partial charge on any atom is 0.107 e. The Morgan fingerprint density at radius 2 is 2.09 bits per heavy atom. The third kappa shape index (κ3) is 1.02. The summed E-state index contributed by atoms with van der Waals surface area (Å²) in [7, 11) is 4.77. The Morgan fingerprint density at radius 1 is 1.27 bits per heavy atom. The van der Waals surface area contributed by atoms with Crippen molar-refractivity contribution < 1.29 is 4.48 Å². The van der Waals surface area contributed by atoms with Gasteiger partial charge in [0, 0.05) is 12.8 Å². The number of likely N-dealkylation sites (N-methyl/N-ethyl adjacent to an activating group) is 1. The number of rotatable bonds is 0. The van der Waals surface area contributed by atoms with E-state index < -0.39 is 0 Å². The zero-order valence-corrected chi connectivity index (χ0v) is 7.59. The van der Waals surface area contributed by atoms with Crippen LogP contribution in [0.2, 0.25) is 0 Å². The molecule has 2 bridgehead atoms. The topological polar surface area (TPSA) is 0 Å². The number of piperidine rings is 1. The molecule has 2 aliphatic heterocycles. The van der Waals surface area contributed by atoms with E-state index >= 15 is 0 Å². The Bertz CT molecular complexity index is 181. The molecule has 0 aromatic carbocycles. The predicted octanol–water partition coefficient (Wildman–Crippen LogP) is 1.94. The van der Waals surface area contributed by atoms with Crippen LogP contribution in [0, 0.1) is 0 Å². The van der Waals surface area contributed by atoms with Gasteiger partial charge in [0.1, 0.15) is 6.04 Å². The van der Waals surface area contributed by atoms with Gasteiger partial charge in [-0.25, -0.2) is 0 Å². The first kappa shape index (κ1) is 7.35. The molecule has 1 nitrogen and oxygen atoms in total. The molecule has 2 atom stereocenters. The van der Waals surface area contributed by atoms with Gasteiger partial charge in [-0.05, 0) is 18.9 Å². The van der Waals surface area contributed by atoms with Crippen LogP contribution >= 0.6 is 0 Å². The molecule has 0 unspecified atom stereocenters. The van der Waals surface area contributed by atoms with Gasteiger partial charge in [0.05, 0.1) is 20.1 Å². The summed E-state index contributed by atoms with van der Waals surface area (Å²) < 4.78 is 1.25. The van der Waals surface area contributed by atoms with E-state index in [9.17, 15) is 0 Å². The molecule has 0 amide bonds. The number of quaternary nitrogens is 1. The van der Waals surface area contributed by atoms with Crippen molar-refractivity contribution >= 4 is 0 Å². The van der Waals surface area contributed by atoms with Crippen molar-refractivity contribution in [2.45, 2.75) is 37.8 Å². The molecule has 0 spiro atoms. The molecule has 2 aliphatic rings. The number of nitrogens with zero attached hydrogens (tertiary/aromatic N) is 1. The quantitative estimate of drug-likeness (QED) is 0.367. The molecule has 1 fully saturated rings. The summed E-state index contributed by atoms with van der Waals surface area (Å²) in [5.41, 5.74) is 0.